The number of hydrogen-bond donors (Lipinski definition) is 1. The maximum absolute atomic E-state index is 5.92. The van der Waals surface area contributed by atoms with Crippen molar-refractivity contribution in [1.82, 2.24) is 9.97 Å². The summed E-state index contributed by atoms with van der Waals surface area (Å²) in [5, 5.41) is 1.59. The van der Waals surface area contributed by atoms with Crippen molar-refractivity contribution in [2.45, 2.75) is 62.9 Å². The van der Waals surface area contributed by atoms with Crippen LogP contribution in [-0.2, 0) is 0 Å². The van der Waals surface area contributed by atoms with Crippen molar-refractivity contribution in [3.05, 3.63) is 17.0 Å². The number of nitrogens with two attached hydrogens (primary N) is 1. The van der Waals surface area contributed by atoms with Crippen LogP contribution in [-0.4, -0.2) is 21.3 Å². The molecule has 1 aliphatic rings. The molecule has 0 amide bonds. The van der Waals surface area contributed by atoms with Crippen LogP contribution in [0.25, 0.3) is 0 Å². The minimum atomic E-state index is 0.411. The van der Waals surface area contributed by atoms with Crippen molar-refractivity contribution >= 4 is 11.8 Å². The van der Waals surface area contributed by atoms with Crippen molar-refractivity contribution in [1.29, 1.82) is 0 Å². The minimum absolute atomic E-state index is 0.411. The van der Waals surface area contributed by atoms with Gasteiger partial charge in [-0.15, -0.1) is 0 Å². The van der Waals surface area contributed by atoms with Crippen molar-refractivity contribution in [2.75, 3.05) is 0 Å². The lowest BCUT2D eigenvalue weighted by molar-refractivity contribution is 0.450. The fourth-order valence-corrected chi connectivity index (χ4v) is 3.33. The van der Waals surface area contributed by atoms with Gasteiger partial charge in [0.15, 0.2) is 5.16 Å². The molecule has 1 saturated carbocycles. The molecular formula is C13H21N3S. The van der Waals surface area contributed by atoms with Crippen LogP contribution in [0.4, 0.5) is 0 Å². The van der Waals surface area contributed by atoms with E-state index in [0.29, 0.717) is 11.3 Å². The minimum Gasteiger partial charge on any atom is -0.328 e. The van der Waals surface area contributed by atoms with Crippen molar-refractivity contribution in [3.8, 4) is 0 Å². The topological polar surface area (TPSA) is 51.8 Å². The van der Waals surface area contributed by atoms with Gasteiger partial charge < -0.3 is 5.73 Å². The van der Waals surface area contributed by atoms with Gasteiger partial charge in [-0.3, -0.25) is 0 Å². The number of thioether (sulfide) groups is 1. The van der Waals surface area contributed by atoms with Crippen molar-refractivity contribution in [2.24, 2.45) is 5.73 Å². The Morgan fingerprint density at radius 3 is 2.06 bits per heavy atom. The first-order valence-electron chi connectivity index (χ1n) is 6.30. The second-order valence-electron chi connectivity index (χ2n) is 4.96. The van der Waals surface area contributed by atoms with Crippen LogP contribution in [0.15, 0.2) is 5.16 Å². The van der Waals surface area contributed by atoms with Gasteiger partial charge >= 0.3 is 0 Å². The molecule has 0 aromatic carbocycles. The Kier molecular flexibility index (Phi) is 4.05. The summed E-state index contributed by atoms with van der Waals surface area (Å²) < 4.78 is 0. The highest BCUT2D eigenvalue weighted by Crippen LogP contribution is 2.31. The van der Waals surface area contributed by atoms with Gasteiger partial charge in [0, 0.05) is 22.7 Å². The van der Waals surface area contributed by atoms with E-state index < -0.39 is 0 Å². The van der Waals surface area contributed by atoms with E-state index in [1.54, 1.807) is 0 Å². The van der Waals surface area contributed by atoms with Gasteiger partial charge in [-0.1, -0.05) is 11.8 Å². The summed E-state index contributed by atoms with van der Waals surface area (Å²) in [5.74, 6) is 0. The lowest BCUT2D eigenvalue weighted by atomic mass is 9.96. The molecule has 0 saturated heterocycles. The zero-order valence-electron chi connectivity index (χ0n) is 10.9. The maximum atomic E-state index is 5.92. The van der Waals surface area contributed by atoms with E-state index in [1.165, 1.54) is 18.4 Å². The molecule has 0 unspecified atom stereocenters. The number of rotatable bonds is 2. The summed E-state index contributed by atoms with van der Waals surface area (Å²) in [5.41, 5.74) is 9.33. The maximum Gasteiger partial charge on any atom is 0.188 e. The van der Waals surface area contributed by atoms with Crippen LogP contribution in [0.2, 0.25) is 0 Å². The van der Waals surface area contributed by atoms with Gasteiger partial charge in [0.25, 0.3) is 0 Å². The fraction of sp³-hybridized carbons (Fsp3) is 0.692. The normalized spacial score (nSPS) is 24.9. The first-order valence-corrected chi connectivity index (χ1v) is 7.18. The molecule has 3 nitrogen and oxygen atoms in total. The van der Waals surface area contributed by atoms with Crippen LogP contribution < -0.4 is 5.73 Å². The molecule has 0 atom stereocenters. The predicted molar refractivity (Wildman–Crippen MR) is 72.3 cm³/mol. The first kappa shape index (κ1) is 12.8. The average Bonchev–Trinajstić information content (AvgIpc) is 2.29. The zero-order chi connectivity index (χ0) is 12.4. The number of aromatic nitrogens is 2. The predicted octanol–water partition coefficient (Wildman–Crippen LogP) is 2.76. The van der Waals surface area contributed by atoms with Crippen molar-refractivity contribution in [3.63, 3.8) is 0 Å². The third kappa shape index (κ3) is 3.19. The van der Waals surface area contributed by atoms with Gasteiger partial charge in [-0.05, 0) is 52.0 Å². The Labute approximate surface area is 108 Å². The quantitative estimate of drug-likeness (QED) is 0.821. The van der Waals surface area contributed by atoms with Crippen LogP contribution >= 0.6 is 11.8 Å². The van der Waals surface area contributed by atoms with Gasteiger partial charge in [0.1, 0.15) is 0 Å². The summed E-state index contributed by atoms with van der Waals surface area (Å²) in [6.07, 6.45) is 4.67. The van der Waals surface area contributed by atoms with Crippen LogP contribution in [0, 0.1) is 20.8 Å². The molecule has 4 heteroatoms. The molecule has 17 heavy (non-hydrogen) atoms. The van der Waals surface area contributed by atoms with Gasteiger partial charge in [0.2, 0.25) is 0 Å². The molecule has 94 valence electrons. The van der Waals surface area contributed by atoms with E-state index in [1.807, 2.05) is 11.8 Å². The van der Waals surface area contributed by atoms with Gasteiger partial charge in [-0.2, -0.15) is 0 Å². The molecule has 2 N–H and O–H groups in total. The van der Waals surface area contributed by atoms with Crippen LogP contribution in [0.1, 0.15) is 42.6 Å². The molecule has 0 bridgehead atoms. The van der Waals surface area contributed by atoms with Crippen LogP contribution in [0.3, 0.4) is 0 Å². The zero-order valence-corrected chi connectivity index (χ0v) is 11.7. The summed E-state index contributed by atoms with van der Waals surface area (Å²) in [7, 11) is 0. The third-order valence-corrected chi connectivity index (χ3v) is 4.80. The Morgan fingerprint density at radius 2 is 1.53 bits per heavy atom. The monoisotopic (exact) mass is 251 g/mol. The molecule has 0 spiro atoms. The number of hydrogen-bond acceptors (Lipinski definition) is 4. The fourth-order valence-electron chi connectivity index (χ4n) is 2.15. The number of aryl methyl sites for hydroxylation is 2. The Hall–Kier alpha value is -0.610. The summed E-state index contributed by atoms with van der Waals surface area (Å²) in [4.78, 5) is 9.13. The van der Waals surface area contributed by atoms with Crippen LogP contribution in [0.5, 0.6) is 0 Å². The lowest BCUT2D eigenvalue weighted by Gasteiger charge is -2.25. The largest absolute Gasteiger partial charge is 0.328 e. The smallest absolute Gasteiger partial charge is 0.188 e. The Balaban J connectivity index is 2.04. The van der Waals surface area contributed by atoms with E-state index in [4.69, 9.17) is 5.73 Å². The van der Waals surface area contributed by atoms with E-state index in [0.717, 1.165) is 29.4 Å². The third-order valence-electron chi connectivity index (χ3n) is 3.60. The van der Waals surface area contributed by atoms with Gasteiger partial charge in [0.05, 0.1) is 0 Å². The molecule has 0 radical (unpaired) electrons. The second-order valence-corrected chi connectivity index (χ2v) is 6.22. The Morgan fingerprint density at radius 1 is 1.00 bits per heavy atom. The summed E-state index contributed by atoms with van der Waals surface area (Å²) in [6, 6.07) is 0.411. The highest BCUT2D eigenvalue weighted by atomic mass is 32.2. The highest BCUT2D eigenvalue weighted by molar-refractivity contribution is 7.99. The average molecular weight is 251 g/mol. The van der Waals surface area contributed by atoms with E-state index >= 15 is 0 Å². The highest BCUT2D eigenvalue weighted by Gasteiger charge is 2.20. The molecule has 1 heterocycles. The molecule has 1 fully saturated rings. The number of nitrogens with zero attached hydrogens (tertiary/aromatic N) is 2. The second kappa shape index (κ2) is 5.36. The lowest BCUT2D eigenvalue weighted by Crippen LogP contribution is -2.27. The molecule has 1 aliphatic carbocycles. The standard InChI is InChI=1S/C13H21N3S/c1-8-9(2)15-13(16-10(8)3)17-12-6-4-11(14)5-7-12/h11-12H,4-7,14H2,1-3H3. The van der Waals surface area contributed by atoms with E-state index in [-0.39, 0.29) is 0 Å². The van der Waals surface area contributed by atoms with Gasteiger partial charge in [-0.25, -0.2) is 9.97 Å². The summed E-state index contributed by atoms with van der Waals surface area (Å²) in [6.45, 7) is 6.20. The molecule has 0 aliphatic heterocycles. The SMILES string of the molecule is Cc1nc(SC2CCC(N)CC2)nc(C)c1C. The first-order chi connectivity index (χ1) is 8.06. The van der Waals surface area contributed by atoms with E-state index in [2.05, 4.69) is 30.7 Å². The molecule has 2 rings (SSSR count). The van der Waals surface area contributed by atoms with Crippen molar-refractivity contribution < 1.29 is 0 Å². The molecular weight excluding hydrogens is 230 g/mol. The Bertz CT molecular complexity index is 375. The molecule has 1 aromatic heterocycles. The van der Waals surface area contributed by atoms with E-state index in [9.17, 15) is 0 Å². The summed E-state index contributed by atoms with van der Waals surface area (Å²) >= 11 is 1.83. The molecule has 1 aromatic rings.